The van der Waals surface area contributed by atoms with Crippen LogP contribution in [0.15, 0.2) is 42.5 Å². The fraction of sp³-hybridized carbons (Fsp3) is 0.435. The monoisotopic (exact) mass is 469 g/mol. The number of benzene rings is 2. The Kier molecular flexibility index (Phi) is 5.41. The molecular weight excluding hydrogens is 442 g/mol. The summed E-state index contributed by atoms with van der Waals surface area (Å²) in [6.07, 6.45) is 0.0687. The van der Waals surface area contributed by atoms with E-state index in [4.69, 9.17) is 4.43 Å². The van der Waals surface area contributed by atoms with Crippen LogP contribution in [0.1, 0.15) is 49.2 Å². The minimum absolute atomic E-state index is 0.0796. The zero-order valence-electron chi connectivity index (χ0n) is 19.3. The number of carbonyl (C=O) groups excluding carboxylic acids is 1. The van der Waals surface area contributed by atoms with Crippen LogP contribution in [-0.2, 0) is 4.43 Å². The van der Waals surface area contributed by atoms with Crippen molar-refractivity contribution in [2.75, 3.05) is 4.90 Å². The average Bonchev–Trinajstić information content (AvgIpc) is 3.04. The first-order valence-corrected chi connectivity index (χ1v) is 13.8. The predicted molar refractivity (Wildman–Crippen MR) is 126 cm³/mol. The van der Waals surface area contributed by atoms with Crippen LogP contribution in [0.2, 0.25) is 18.1 Å². The summed E-state index contributed by atoms with van der Waals surface area (Å²) in [4.78, 5) is 37.3. The van der Waals surface area contributed by atoms with Gasteiger partial charge in [-0.25, -0.2) is 0 Å². The summed E-state index contributed by atoms with van der Waals surface area (Å²) in [5.41, 5.74) is 0.849. The Labute approximate surface area is 192 Å². The number of non-ortho nitro benzene ring substituents is 1. The zero-order chi connectivity index (χ0) is 24.3. The summed E-state index contributed by atoms with van der Waals surface area (Å²) < 4.78 is 6.69. The second-order valence-electron chi connectivity index (χ2n) is 10.2. The van der Waals surface area contributed by atoms with Crippen LogP contribution in [0.4, 0.5) is 17.1 Å². The molecule has 0 spiro atoms. The molecular formula is C23H27N3O6Si. The van der Waals surface area contributed by atoms with E-state index in [2.05, 4.69) is 33.9 Å². The molecule has 10 heteroatoms. The van der Waals surface area contributed by atoms with E-state index in [-0.39, 0.29) is 33.9 Å². The normalized spacial score (nSPS) is 22.3. The van der Waals surface area contributed by atoms with Gasteiger partial charge in [-0.1, -0.05) is 45.0 Å². The number of anilines is 1. The summed E-state index contributed by atoms with van der Waals surface area (Å²) in [6.45, 7) is 10.6. The number of hydrogen-bond acceptors (Lipinski definition) is 7. The van der Waals surface area contributed by atoms with Crippen molar-refractivity contribution in [1.82, 2.24) is 0 Å². The smallest absolute Gasteiger partial charge is 0.299 e. The van der Waals surface area contributed by atoms with E-state index in [1.54, 1.807) is 11.0 Å². The van der Waals surface area contributed by atoms with Crippen LogP contribution >= 0.6 is 0 Å². The fourth-order valence-electron chi connectivity index (χ4n) is 4.55. The maximum Gasteiger partial charge on any atom is 0.299 e. The van der Waals surface area contributed by atoms with Crippen molar-refractivity contribution < 1.29 is 19.1 Å². The molecule has 9 nitrogen and oxygen atoms in total. The lowest BCUT2D eigenvalue weighted by Gasteiger charge is -2.41. The molecule has 0 N–H and O–H groups in total. The summed E-state index contributed by atoms with van der Waals surface area (Å²) >= 11 is 0. The number of hydrogen-bond donors (Lipinski definition) is 0. The molecule has 1 saturated heterocycles. The van der Waals surface area contributed by atoms with Crippen molar-refractivity contribution >= 4 is 31.2 Å². The van der Waals surface area contributed by atoms with Crippen molar-refractivity contribution in [2.24, 2.45) is 0 Å². The van der Waals surface area contributed by atoms with Crippen molar-refractivity contribution in [1.29, 1.82) is 0 Å². The number of carbonyl (C=O) groups is 1. The van der Waals surface area contributed by atoms with Crippen LogP contribution in [0.25, 0.3) is 0 Å². The standard InChI is InChI=1S/C23H27N3O6Si/c1-23(2,3)33(4,5)32-20-13-18-15-8-6-7-9-16(15)22(27)21(20)24(18)17-11-10-14(25(28)29)12-19(17)26(30)31/h6-12,18,20-21H,13H2,1-5H3/t18-,20-,21+/m0/s1. The number of rotatable bonds is 5. The van der Waals surface area contributed by atoms with E-state index in [0.717, 1.165) is 11.6 Å². The highest BCUT2D eigenvalue weighted by molar-refractivity contribution is 6.74. The van der Waals surface area contributed by atoms with Gasteiger partial charge in [0.25, 0.3) is 11.4 Å². The van der Waals surface area contributed by atoms with Crippen LogP contribution in [0, 0.1) is 20.2 Å². The van der Waals surface area contributed by atoms with Gasteiger partial charge in [-0.2, -0.15) is 0 Å². The summed E-state index contributed by atoms with van der Waals surface area (Å²) in [6, 6.07) is 9.85. The van der Waals surface area contributed by atoms with E-state index >= 15 is 0 Å². The van der Waals surface area contributed by atoms with Gasteiger partial charge in [-0.15, -0.1) is 0 Å². The molecule has 2 bridgehead atoms. The fourth-order valence-corrected chi connectivity index (χ4v) is 5.89. The lowest BCUT2D eigenvalue weighted by molar-refractivity contribution is -0.393. The first-order valence-electron chi connectivity index (χ1n) is 10.9. The molecule has 4 rings (SSSR count). The molecule has 1 fully saturated rings. The number of nitro groups is 2. The van der Waals surface area contributed by atoms with Gasteiger partial charge in [-0.05, 0) is 36.2 Å². The molecule has 0 aliphatic carbocycles. The molecule has 0 unspecified atom stereocenters. The Morgan fingerprint density at radius 2 is 1.73 bits per heavy atom. The van der Waals surface area contributed by atoms with E-state index in [0.29, 0.717) is 12.0 Å². The number of Topliss-reactive ketones (excluding diaryl/α,β-unsaturated/α-hetero) is 1. The predicted octanol–water partition coefficient (Wildman–Crippen LogP) is 5.41. The van der Waals surface area contributed by atoms with E-state index in [1.807, 2.05) is 18.2 Å². The van der Waals surface area contributed by atoms with Crippen LogP contribution in [0.5, 0.6) is 0 Å². The van der Waals surface area contributed by atoms with Crippen molar-refractivity contribution in [3.05, 3.63) is 73.8 Å². The Morgan fingerprint density at radius 3 is 2.33 bits per heavy atom. The number of nitro benzene ring substituents is 2. The molecule has 33 heavy (non-hydrogen) atoms. The van der Waals surface area contributed by atoms with Crippen LogP contribution < -0.4 is 4.90 Å². The van der Waals surface area contributed by atoms with Gasteiger partial charge in [0.1, 0.15) is 11.7 Å². The molecule has 174 valence electrons. The molecule has 2 aliphatic rings. The third-order valence-electron chi connectivity index (χ3n) is 7.19. The Morgan fingerprint density at radius 1 is 1.06 bits per heavy atom. The van der Waals surface area contributed by atoms with Gasteiger partial charge < -0.3 is 9.33 Å². The Balaban J connectivity index is 1.86. The molecule has 3 atom stereocenters. The molecule has 0 amide bonds. The number of nitrogens with zero attached hydrogens (tertiary/aromatic N) is 3. The first kappa shape index (κ1) is 23.1. The number of fused-ring (bicyclic) bond motifs is 4. The summed E-state index contributed by atoms with van der Waals surface area (Å²) in [5.74, 6) is -0.143. The Bertz CT molecular complexity index is 1160. The van der Waals surface area contributed by atoms with Gasteiger partial charge in [0, 0.05) is 11.6 Å². The first-order chi connectivity index (χ1) is 15.3. The van der Waals surface area contributed by atoms with Gasteiger partial charge in [0.15, 0.2) is 14.1 Å². The second kappa shape index (κ2) is 7.74. The largest absolute Gasteiger partial charge is 0.411 e. The lowest BCUT2D eigenvalue weighted by atomic mass is 9.91. The molecule has 2 heterocycles. The molecule has 2 aromatic carbocycles. The van der Waals surface area contributed by atoms with E-state index in [9.17, 15) is 25.0 Å². The van der Waals surface area contributed by atoms with Crippen molar-refractivity contribution in [3.63, 3.8) is 0 Å². The quantitative estimate of drug-likeness (QED) is 0.326. The highest BCUT2D eigenvalue weighted by Gasteiger charge is 2.55. The molecule has 0 radical (unpaired) electrons. The second-order valence-corrected chi connectivity index (χ2v) is 14.9. The minimum atomic E-state index is -2.25. The highest BCUT2D eigenvalue weighted by atomic mass is 28.4. The third-order valence-corrected chi connectivity index (χ3v) is 11.7. The van der Waals surface area contributed by atoms with E-state index < -0.39 is 30.3 Å². The topological polar surface area (TPSA) is 116 Å². The minimum Gasteiger partial charge on any atom is -0.411 e. The number of ketones is 1. The van der Waals surface area contributed by atoms with Gasteiger partial charge >= 0.3 is 0 Å². The Hall–Kier alpha value is -3.11. The SMILES string of the molecule is CC(C)(C)[Si](C)(C)O[C@H]1C[C@H]2c3ccccc3C(=O)[C@@H]1N2c1ccc([N+](=O)[O-])cc1[N+](=O)[O-]. The lowest BCUT2D eigenvalue weighted by Crippen LogP contribution is -2.51. The molecule has 2 aromatic rings. The maximum atomic E-state index is 13.7. The van der Waals surface area contributed by atoms with Crippen LogP contribution in [0.3, 0.4) is 0 Å². The summed E-state index contributed by atoms with van der Waals surface area (Å²) in [5, 5.41) is 23.0. The van der Waals surface area contributed by atoms with Crippen molar-refractivity contribution in [2.45, 2.75) is 63.5 Å². The average molecular weight is 470 g/mol. The highest BCUT2D eigenvalue weighted by Crippen LogP contribution is 2.51. The van der Waals surface area contributed by atoms with Crippen LogP contribution in [-0.4, -0.2) is 36.1 Å². The van der Waals surface area contributed by atoms with Crippen molar-refractivity contribution in [3.8, 4) is 0 Å². The maximum absolute atomic E-state index is 13.7. The van der Waals surface area contributed by atoms with Gasteiger partial charge in [0.2, 0.25) is 0 Å². The molecule has 2 aliphatic heterocycles. The van der Waals surface area contributed by atoms with E-state index in [1.165, 1.54) is 12.1 Å². The van der Waals surface area contributed by atoms with Gasteiger partial charge in [0.05, 0.1) is 28.1 Å². The third kappa shape index (κ3) is 3.72. The zero-order valence-corrected chi connectivity index (χ0v) is 20.3. The van der Waals surface area contributed by atoms with Gasteiger partial charge in [-0.3, -0.25) is 25.0 Å². The summed E-state index contributed by atoms with van der Waals surface area (Å²) in [7, 11) is -2.25. The molecule has 0 aromatic heterocycles. The molecule has 0 saturated carbocycles.